The minimum Gasteiger partial charge on any atom is -0.350 e. The number of aromatic nitrogens is 1. The number of hydrogen-bond donors (Lipinski definition) is 3. The van der Waals surface area contributed by atoms with Gasteiger partial charge >= 0.3 is 0 Å². The van der Waals surface area contributed by atoms with Crippen LogP contribution in [0.3, 0.4) is 0 Å². The standard InChI is InChI=1S/C22H23N3O3/c1-12(2)23-21(27)18-11-15(10-9-13(18)3)24-22(28)19-14(4)16-7-5-6-8-17(16)20(26)25-19/h5-12H,1-4H3,(H,23,27)(H,24,28)(H,25,26). The Morgan fingerprint density at radius 1 is 0.964 bits per heavy atom. The number of benzene rings is 2. The Kier molecular flexibility index (Phi) is 5.31. The van der Waals surface area contributed by atoms with Crippen LogP contribution in [0.5, 0.6) is 0 Å². The van der Waals surface area contributed by atoms with E-state index in [0.717, 1.165) is 10.9 Å². The zero-order chi connectivity index (χ0) is 20.4. The van der Waals surface area contributed by atoms with Crippen molar-refractivity contribution >= 4 is 28.3 Å². The fraction of sp³-hybridized carbons (Fsp3) is 0.227. The number of anilines is 1. The summed E-state index contributed by atoms with van der Waals surface area (Å²) in [5.41, 5.74) is 2.38. The number of carbonyl (C=O) groups is 2. The van der Waals surface area contributed by atoms with Gasteiger partial charge in [-0.2, -0.15) is 0 Å². The molecule has 2 amide bonds. The summed E-state index contributed by atoms with van der Waals surface area (Å²) in [5.74, 6) is -0.627. The zero-order valence-electron chi connectivity index (χ0n) is 16.3. The van der Waals surface area contributed by atoms with Crippen molar-refractivity contribution in [2.24, 2.45) is 0 Å². The first-order valence-electron chi connectivity index (χ1n) is 9.12. The summed E-state index contributed by atoms with van der Waals surface area (Å²) in [7, 11) is 0. The summed E-state index contributed by atoms with van der Waals surface area (Å²) in [6.45, 7) is 7.41. The molecule has 3 aromatic rings. The van der Waals surface area contributed by atoms with E-state index in [0.29, 0.717) is 22.2 Å². The molecular weight excluding hydrogens is 354 g/mol. The number of carbonyl (C=O) groups excluding carboxylic acids is 2. The number of aromatic amines is 1. The highest BCUT2D eigenvalue weighted by molar-refractivity contribution is 6.07. The quantitative estimate of drug-likeness (QED) is 0.649. The second-order valence-electron chi connectivity index (χ2n) is 7.11. The minimum absolute atomic E-state index is 0.00970. The normalized spacial score (nSPS) is 10.9. The van der Waals surface area contributed by atoms with Crippen LogP contribution in [0.25, 0.3) is 10.8 Å². The lowest BCUT2D eigenvalue weighted by Gasteiger charge is -2.13. The number of H-pyrrole nitrogens is 1. The third-order valence-corrected chi connectivity index (χ3v) is 4.58. The van der Waals surface area contributed by atoms with Gasteiger partial charge < -0.3 is 15.6 Å². The predicted octanol–water partition coefficient (Wildman–Crippen LogP) is 3.54. The van der Waals surface area contributed by atoms with Gasteiger partial charge in [-0.15, -0.1) is 0 Å². The molecule has 6 heteroatoms. The van der Waals surface area contributed by atoms with Crippen molar-refractivity contribution in [1.29, 1.82) is 0 Å². The minimum atomic E-state index is -0.431. The van der Waals surface area contributed by atoms with Crippen molar-refractivity contribution in [3.63, 3.8) is 0 Å². The van der Waals surface area contributed by atoms with E-state index in [4.69, 9.17) is 0 Å². The van der Waals surface area contributed by atoms with Crippen LogP contribution >= 0.6 is 0 Å². The van der Waals surface area contributed by atoms with Gasteiger partial charge in [0, 0.05) is 22.7 Å². The first-order chi connectivity index (χ1) is 13.3. The lowest BCUT2D eigenvalue weighted by molar-refractivity contribution is 0.0941. The Hall–Kier alpha value is -3.41. The van der Waals surface area contributed by atoms with E-state index < -0.39 is 5.91 Å². The number of pyridine rings is 1. The molecule has 3 rings (SSSR count). The van der Waals surface area contributed by atoms with E-state index in [1.165, 1.54) is 0 Å². The number of fused-ring (bicyclic) bond motifs is 1. The number of amides is 2. The molecule has 0 bridgehead atoms. The van der Waals surface area contributed by atoms with Crippen LogP contribution in [0.2, 0.25) is 0 Å². The molecule has 0 aliphatic carbocycles. The molecule has 1 aromatic heterocycles. The molecular formula is C22H23N3O3. The lowest BCUT2D eigenvalue weighted by Crippen LogP contribution is -2.30. The van der Waals surface area contributed by atoms with Crippen LogP contribution < -0.4 is 16.2 Å². The predicted molar refractivity (Wildman–Crippen MR) is 111 cm³/mol. The van der Waals surface area contributed by atoms with Gasteiger partial charge in [-0.05, 0) is 62.4 Å². The van der Waals surface area contributed by atoms with Crippen molar-refractivity contribution in [2.75, 3.05) is 5.32 Å². The molecule has 0 spiro atoms. The van der Waals surface area contributed by atoms with Crippen molar-refractivity contribution in [3.05, 3.63) is 75.2 Å². The SMILES string of the molecule is Cc1ccc(NC(=O)c2[nH]c(=O)c3ccccc3c2C)cc1C(=O)NC(C)C. The van der Waals surface area contributed by atoms with Gasteiger partial charge in [0.15, 0.2) is 0 Å². The molecule has 2 aromatic carbocycles. The smallest absolute Gasteiger partial charge is 0.272 e. The van der Waals surface area contributed by atoms with E-state index in [-0.39, 0.29) is 23.2 Å². The maximum atomic E-state index is 12.8. The van der Waals surface area contributed by atoms with Crippen LogP contribution in [0, 0.1) is 13.8 Å². The molecule has 3 N–H and O–H groups in total. The molecule has 28 heavy (non-hydrogen) atoms. The summed E-state index contributed by atoms with van der Waals surface area (Å²) >= 11 is 0. The van der Waals surface area contributed by atoms with Gasteiger partial charge in [0.25, 0.3) is 17.4 Å². The fourth-order valence-corrected chi connectivity index (χ4v) is 3.12. The van der Waals surface area contributed by atoms with Crippen molar-refractivity contribution < 1.29 is 9.59 Å². The number of aryl methyl sites for hydroxylation is 2. The molecule has 0 unspecified atom stereocenters. The molecule has 0 radical (unpaired) electrons. The van der Waals surface area contributed by atoms with E-state index in [1.807, 2.05) is 32.9 Å². The highest BCUT2D eigenvalue weighted by Crippen LogP contribution is 2.20. The number of hydrogen-bond acceptors (Lipinski definition) is 3. The second kappa shape index (κ2) is 7.68. The third kappa shape index (κ3) is 3.81. The van der Waals surface area contributed by atoms with E-state index in [1.54, 1.807) is 37.3 Å². The molecule has 0 fully saturated rings. The van der Waals surface area contributed by atoms with Crippen LogP contribution in [0.15, 0.2) is 47.3 Å². The van der Waals surface area contributed by atoms with Crippen LogP contribution in [0.4, 0.5) is 5.69 Å². The summed E-state index contributed by atoms with van der Waals surface area (Å²) in [6.07, 6.45) is 0. The molecule has 0 aliphatic heterocycles. The number of rotatable bonds is 4. The first kappa shape index (κ1) is 19.4. The van der Waals surface area contributed by atoms with Crippen molar-refractivity contribution in [3.8, 4) is 0 Å². The molecule has 0 saturated carbocycles. The molecule has 0 saturated heterocycles. The molecule has 144 valence electrons. The zero-order valence-corrected chi connectivity index (χ0v) is 16.3. The van der Waals surface area contributed by atoms with E-state index in [9.17, 15) is 14.4 Å². The van der Waals surface area contributed by atoms with Gasteiger partial charge in [-0.25, -0.2) is 0 Å². The first-order valence-corrected chi connectivity index (χ1v) is 9.12. The lowest BCUT2D eigenvalue weighted by atomic mass is 10.0. The van der Waals surface area contributed by atoms with Crippen LogP contribution in [-0.2, 0) is 0 Å². The Balaban J connectivity index is 1.94. The maximum absolute atomic E-state index is 12.8. The van der Waals surface area contributed by atoms with Gasteiger partial charge in [-0.1, -0.05) is 24.3 Å². The Morgan fingerprint density at radius 2 is 1.64 bits per heavy atom. The third-order valence-electron chi connectivity index (χ3n) is 4.58. The average Bonchev–Trinajstić information content (AvgIpc) is 2.65. The van der Waals surface area contributed by atoms with E-state index >= 15 is 0 Å². The highest BCUT2D eigenvalue weighted by Gasteiger charge is 2.16. The summed E-state index contributed by atoms with van der Waals surface area (Å²) in [6, 6.07) is 12.3. The van der Waals surface area contributed by atoms with Crippen molar-refractivity contribution in [1.82, 2.24) is 10.3 Å². The van der Waals surface area contributed by atoms with Crippen LogP contribution in [-0.4, -0.2) is 22.8 Å². The highest BCUT2D eigenvalue weighted by atomic mass is 16.2. The van der Waals surface area contributed by atoms with Gasteiger partial charge in [0.05, 0.1) is 0 Å². The second-order valence-corrected chi connectivity index (χ2v) is 7.11. The van der Waals surface area contributed by atoms with E-state index in [2.05, 4.69) is 15.6 Å². The number of nitrogens with one attached hydrogen (secondary N) is 3. The molecule has 1 heterocycles. The van der Waals surface area contributed by atoms with Gasteiger partial charge in [0.1, 0.15) is 5.69 Å². The van der Waals surface area contributed by atoms with Gasteiger partial charge in [-0.3, -0.25) is 14.4 Å². The fourth-order valence-electron chi connectivity index (χ4n) is 3.12. The summed E-state index contributed by atoms with van der Waals surface area (Å²) < 4.78 is 0. The Bertz CT molecular complexity index is 1130. The van der Waals surface area contributed by atoms with Gasteiger partial charge in [0.2, 0.25) is 0 Å². The topological polar surface area (TPSA) is 91.1 Å². The largest absolute Gasteiger partial charge is 0.350 e. The average molecular weight is 377 g/mol. The molecule has 0 atom stereocenters. The summed E-state index contributed by atoms with van der Waals surface area (Å²) in [4.78, 5) is 40.1. The van der Waals surface area contributed by atoms with Crippen molar-refractivity contribution in [2.45, 2.75) is 33.7 Å². The summed E-state index contributed by atoms with van der Waals surface area (Å²) in [5, 5.41) is 6.90. The molecule has 0 aliphatic rings. The molecule has 6 nitrogen and oxygen atoms in total. The Morgan fingerprint density at radius 3 is 2.32 bits per heavy atom. The maximum Gasteiger partial charge on any atom is 0.272 e. The van der Waals surface area contributed by atoms with Crippen LogP contribution in [0.1, 0.15) is 45.8 Å². The monoisotopic (exact) mass is 377 g/mol. The Labute approximate surface area is 163 Å².